The summed E-state index contributed by atoms with van der Waals surface area (Å²) < 4.78 is 6.93. The third kappa shape index (κ3) is 3.56. The molecule has 2 N–H and O–H groups in total. The molecule has 0 aliphatic carbocycles. The highest BCUT2D eigenvalue weighted by Crippen LogP contribution is 2.30. The average molecular weight is 322 g/mol. The van der Waals surface area contributed by atoms with Gasteiger partial charge in [-0.15, -0.1) is 0 Å². The van der Waals surface area contributed by atoms with Crippen LogP contribution in [0.25, 0.3) is 0 Å². The molecular weight excluding hydrogens is 306 g/mol. The lowest BCUT2D eigenvalue weighted by atomic mass is 10.2. The number of hydrogen-bond donors (Lipinski definition) is 2. The van der Waals surface area contributed by atoms with Crippen LogP contribution >= 0.6 is 15.9 Å². The van der Waals surface area contributed by atoms with Crippen LogP contribution in [0.1, 0.15) is 11.1 Å². The van der Waals surface area contributed by atoms with Crippen molar-refractivity contribution in [3.8, 4) is 11.5 Å². The second-order valence-corrected chi connectivity index (χ2v) is 5.07. The number of aliphatic hydroxyl groups excluding tert-OH is 1. The van der Waals surface area contributed by atoms with Gasteiger partial charge in [-0.3, -0.25) is 0 Å². The topological polar surface area (TPSA) is 41.5 Å². The molecule has 0 amide bonds. The van der Waals surface area contributed by atoms with Crippen molar-refractivity contribution < 1.29 is 9.84 Å². The van der Waals surface area contributed by atoms with Crippen LogP contribution in [0.3, 0.4) is 0 Å². The van der Waals surface area contributed by atoms with E-state index in [0.29, 0.717) is 5.75 Å². The van der Waals surface area contributed by atoms with Gasteiger partial charge in [0.25, 0.3) is 0 Å². The first-order valence-electron chi connectivity index (χ1n) is 6.04. The molecule has 0 atom stereocenters. The molecule has 0 fully saturated rings. The zero-order chi connectivity index (χ0) is 13.7. The summed E-state index contributed by atoms with van der Waals surface area (Å²) in [6.07, 6.45) is 0. The van der Waals surface area contributed by atoms with Gasteiger partial charge < -0.3 is 15.2 Å². The highest BCUT2D eigenvalue weighted by Gasteiger charge is 2.08. The molecule has 100 valence electrons. The number of benzene rings is 2. The minimum atomic E-state index is -0.0337. The Bertz CT molecular complexity index is 558. The van der Waals surface area contributed by atoms with Gasteiger partial charge in [0.15, 0.2) is 0 Å². The summed E-state index contributed by atoms with van der Waals surface area (Å²) in [6, 6.07) is 13.4. The Hall–Kier alpha value is -1.36. The van der Waals surface area contributed by atoms with Gasteiger partial charge in [-0.1, -0.05) is 34.1 Å². The van der Waals surface area contributed by atoms with Gasteiger partial charge in [-0.05, 0) is 31.3 Å². The second kappa shape index (κ2) is 6.70. The lowest BCUT2D eigenvalue weighted by Gasteiger charge is -2.13. The number of rotatable bonds is 5. The first-order chi connectivity index (χ1) is 9.24. The zero-order valence-electron chi connectivity index (χ0n) is 10.7. The summed E-state index contributed by atoms with van der Waals surface area (Å²) in [5.74, 6) is 1.48. The highest BCUT2D eigenvalue weighted by molar-refractivity contribution is 9.10. The van der Waals surface area contributed by atoms with Crippen LogP contribution in [0.4, 0.5) is 0 Å². The number of para-hydroxylation sites is 1. The summed E-state index contributed by atoms with van der Waals surface area (Å²) in [7, 11) is 1.90. The molecule has 19 heavy (non-hydrogen) atoms. The monoisotopic (exact) mass is 321 g/mol. The van der Waals surface area contributed by atoms with Gasteiger partial charge in [0.1, 0.15) is 11.5 Å². The molecule has 3 nitrogen and oxygen atoms in total. The molecule has 0 aromatic heterocycles. The third-order valence-corrected chi connectivity index (χ3v) is 3.25. The van der Waals surface area contributed by atoms with Gasteiger partial charge >= 0.3 is 0 Å². The van der Waals surface area contributed by atoms with Gasteiger partial charge in [0.2, 0.25) is 0 Å². The molecule has 0 aliphatic heterocycles. The van der Waals surface area contributed by atoms with Crippen LogP contribution < -0.4 is 10.1 Å². The summed E-state index contributed by atoms with van der Waals surface area (Å²) in [4.78, 5) is 0. The SMILES string of the molecule is CNCc1cc(Br)ccc1Oc1ccccc1CO. The average Bonchev–Trinajstić information content (AvgIpc) is 2.43. The Balaban J connectivity index is 2.32. The summed E-state index contributed by atoms with van der Waals surface area (Å²) in [6.45, 7) is 0.685. The van der Waals surface area contributed by atoms with Crippen LogP contribution in [0.15, 0.2) is 46.9 Å². The number of ether oxygens (including phenoxy) is 1. The molecular formula is C15H16BrNO2. The zero-order valence-corrected chi connectivity index (χ0v) is 12.3. The Morgan fingerprint density at radius 1 is 1.11 bits per heavy atom. The van der Waals surface area contributed by atoms with E-state index in [4.69, 9.17) is 4.74 Å². The molecule has 0 radical (unpaired) electrons. The first-order valence-corrected chi connectivity index (χ1v) is 6.83. The summed E-state index contributed by atoms with van der Waals surface area (Å²) in [5.41, 5.74) is 1.84. The molecule has 0 saturated heterocycles. The van der Waals surface area contributed by atoms with Crippen LogP contribution in [-0.2, 0) is 13.2 Å². The maximum atomic E-state index is 9.31. The second-order valence-electron chi connectivity index (χ2n) is 4.15. The van der Waals surface area contributed by atoms with E-state index in [1.54, 1.807) is 0 Å². The van der Waals surface area contributed by atoms with E-state index in [-0.39, 0.29) is 6.61 Å². The summed E-state index contributed by atoms with van der Waals surface area (Å²) >= 11 is 3.46. The normalized spacial score (nSPS) is 10.5. The van der Waals surface area contributed by atoms with Gasteiger partial charge in [-0.25, -0.2) is 0 Å². The Morgan fingerprint density at radius 3 is 2.58 bits per heavy atom. The molecule has 0 bridgehead atoms. The first kappa shape index (κ1) is 14.1. The van der Waals surface area contributed by atoms with Crippen molar-refractivity contribution in [3.63, 3.8) is 0 Å². The van der Waals surface area contributed by atoms with Gasteiger partial charge in [0, 0.05) is 22.1 Å². The van der Waals surface area contributed by atoms with Crippen molar-refractivity contribution in [1.29, 1.82) is 0 Å². The largest absolute Gasteiger partial charge is 0.457 e. The van der Waals surface area contributed by atoms with E-state index in [0.717, 1.165) is 27.9 Å². The molecule has 4 heteroatoms. The highest BCUT2D eigenvalue weighted by atomic mass is 79.9. The fourth-order valence-corrected chi connectivity index (χ4v) is 2.24. The predicted molar refractivity (Wildman–Crippen MR) is 79.3 cm³/mol. The Labute approximate surface area is 121 Å². The van der Waals surface area contributed by atoms with E-state index in [1.165, 1.54) is 0 Å². The van der Waals surface area contributed by atoms with Crippen molar-refractivity contribution in [2.24, 2.45) is 0 Å². The van der Waals surface area contributed by atoms with E-state index in [2.05, 4.69) is 21.2 Å². The lowest BCUT2D eigenvalue weighted by molar-refractivity contribution is 0.276. The smallest absolute Gasteiger partial charge is 0.132 e. The molecule has 2 aromatic rings. The quantitative estimate of drug-likeness (QED) is 0.886. The standard InChI is InChI=1S/C15H16BrNO2/c1-17-9-12-8-13(16)6-7-15(12)19-14-5-3-2-4-11(14)10-18/h2-8,17-18H,9-10H2,1H3. The van der Waals surface area contributed by atoms with E-state index in [1.807, 2.05) is 49.5 Å². The van der Waals surface area contributed by atoms with Crippen molar-refractivity contribution in [3.05, 3.63) is 58.1 Å². The minimum Gasteiger partial charge on any atom is -0.457 e. The number of aliphatic hydroxyl groups is 1. The molecule has 0 unspecified atom stereocenters. The van der Waals surface area contributed by atoms with Crippen molar-refractivity contribution in [1.82, 2.24) is 5.32 Å². The van der Waals surface area contributed by atoms with Crippen LogP contribution in [0.5, 0.6) is 11.5 Å². The van der Waals surface area contributed by atoms with Crippen molar-refractivity contribution in [2.75, 3.05) is 7.05 Å². The lowest BCUT2D eigenvalue weighted by Crippen LogP contribution is -2.06. The van der Waals surface area contributed by atoms with Crippen LogP contribution in [0.2, 0.25) is 0 Å². The van der Waals surface area contributed by atoms with Crippen LogP contribution in [0, 0.1) is 0 Å². The van der Waals surface area contributed by atoms with E-state index >= 15 is 0 Å². The molecule has 2 rings (SSSR count). The van der Waals surface area contributed by atoms with Crippen molar-refractivity contribution >= 4 is 15.9 Å². The predicted octanol–water partition coefficient (Wildman–Crippen LogP) is 3.45. The minimum absolute atomic E-state index is 0.0337. The molecule has 0 saturated carbocycles. The fourth-order valence-electron chi connectivity index (χ4n) is 1.83. The van der Waals surface area contributed by atoms with Gasteiger partial charge in [-0.2, -0.15) is 0 Å². The molecule has 0 spiro atoms. The third-order valence-electron chi connectivity index (χ3n) is 2.75. The molecule has 0 heterocycles. The van der Waals surface area contributed by atoms with E-state index in [9.17, 15) is 5.11 Å². The van der Waals surface area contributed by atoms with Crippen LogP contribution in [-0.4, -0.2) is 12.2 Å². The Kier molecular flexibility index (Phi) is 4.96. The number of nitrogens with one attached hydrogen (secondary N) is 1. The molecule has 2 aromatic carbocycles. The fraction of sp³-hybridized carbons (Fsp3) is 0.200. The Morgan fingerprint density at radius 2 is 1.84 bits per heavy atom. The maximum absolute atomic E-state index is 9.31. The van der Waals surface area contributed by atoms with Crippen molar-refractivity contribution in [2.45, 2.75) is 13.2 Å². The molecule has 0 aliphatic rings. The van der Waals surface area contributed by atoms with Gasteiger partial charge in [0.05, 0.1) is 6.61 Å². The maximum Gasteiger partial charge on any atom is 0.132 e. The van der Waals surface area contributed by atoms with E-state index < -0.39 is 0 Å². The number of hydrogen-bond acceptors (Lipinski definition) is 3. The summed E-state index contributed by atoms with van der Waals surface area (Å²) in [5, 5.41) is 12.4. The number of halogens is 1.